The predicted molar refractivity (Wildman–Crippen MR) is 86.3 cm³/mol. The van der Waals surface area contributed by atoms with Crippen LogP contribution in [-0.2, 0) is 16.8 Å². The van der Waals surface area contributed by atoms with Gasteiger partial charge >= 0.3 is 0 Å². The molecule has 0 saturated carbocycles. The molecule has 1 aliphatic heterocycles. The Hall–Kier alpha value is -1.84. The van der Waals surface area contributed by atoms with E-state index in [0.29, 0.717) is 12.4 Å². The molecule has 1 aromatic carbocycles. The number of guanidine groups is 1. The van der Waals surface area contributed by atoms with Crippen LogP contribution in [0.15, 0.2) is 29.3 Å². The summed E-state index contributed by atoms with van der Waals surface area (Å²) in [6, 6.07) is 8.19. The summed E-state index contributed by atoms with van der Waals surface area (Å²) in [5.74, 6) is 0.509. The van der Waals surface area contributed by atoms with Gasteiger partial charge in [0.15, 0.2) is 11.5 Å². The molecule has 0 bridgehead atoms. The Bertz CT molecular complexity index is 554. The van der Waals surface area contributed by atoms with E-state index in [2.05, 4.69) is 34.7 Å². The smallest absolute Gasteiger partial charge is 0.259 e. The topological polar surface area (TPSA) is 53.5 Å². The van der Waals surface area contributed by atoms with Crippen molar-refractivity contribution < 1.29 is 4.79 Å². The van der Waals surface area contributed by atoms with Crippen molar-refractivity contribution >= 4 is 11.9 Å². The first-order valence-electron chi connectivity index (χ1n) is 7.59. The molecule has 0 spiro atoms. The van der Waals surface area contributed by atoms with E-state index < -0.39 is 5.54 Å². The minimum Gasteiger partial charge on any atom is -0.351 e. The van der Waals surface area contributed by atoms with Gasteiger partial charge in [0.25, 0.3) is 5.91 Å². The van der Waals surface area contributed by atoms with Crippen LogP contribution in [0.25, 0.3) is 0 Å². The summed E-state index contributed by atoms with van der Waals surface area (Å²) >= 11 is 0. The summed E-state index contributed by atoms with van der Waals surface area (Å²) in [6.45, 7) is 10.3. The van der Waals surface area contributed by atoms with Crippen LogP contribution >= 0.6 is 0 Å². The lowest BCUT2D eigenvalue weighted by Crippen LogP contribution is -2.47. The molecule has 4 heteroatoms. The van der Waals surface area contributed by atoms with Crippen molar-refractivity contribution in [1.82, 2.24) is 10.6 Å². The van der Waals surface area contributed by atoms with Crippen LogP contribution in [0, 0.1) is 0 Å². The quantitative estimate of drug-likeness (QED) is 0.898. The zero-order chi connectivity index (χ0) is 15.7. The Morgan fingerprint density at radius 2 is 1.81 bits per heavy atom. The first kappa shape index (κ1) is 15.5. The minimum absolute atomic E-state index is 0.0546. The second-order valence-corrected chi connectivity index (χ2v) is 6.55. The Kier molecular flexibility index (Phi) is 4.08. The van der Waals surface area contributed by atoms with Crippen LogP contribution in [0.1, 0.15) is 52.2 Å². The predicted octanol–water partition coefficient (Wildman–Crippen LogP) is 2.73. The van der Waals surface area contributed by atoms with Crippen molar-refractivity contribution in [2.45, 2.75) is 58.5 Å². The summed E-state index contributed by atoms with van der Waals surface area (Å²) in [5, 5.41) is 6.13. The number of benzene rings is 1. The summed E-state index contributed by atoms with van der Waals surface area (Å²) in [6.07, 6.45) is 1.63. The molecular formula is C17H25N3O. The highest BCUT2D eigenvalue weighted by Crippen LogP contribution is 2.33. The van der Waals surface area contributed by atoms with Crippen molar-refractivity contribution in [2.75, 3.05) is 0 Å². The molecule has 1 heterocycles. The highest BCUT2D eigenvalue weighted by atomic mass is 16.2. The third kappa shape index (κ3) is 3.09. The minimum atomic E-state index is -0.806. The Morgan fingerprint density at radius 1 is 1.19 bits per heavy atom. The third-order valence-corrected chi connectivity index (χ3v) is 3.76. The zero-order valence-electron chi connectivity index (χ0n) is 13.6. The molecule has 1 atom stereocenters. The highest BCUT2D eigenvalue weighted by molar-refractivity contribution is 6.07. The van der Waals surface area contributed by atoms with Gasteiger partial charge in [0.05, 0.1) is 0 Å². The molecular weight excluding hydrogens is 262 g/mol. The lowest BCUT2D eigenvalue weighted by Gasteiger charge is -2.22. The molecule has 0 radical (unpaired) electrons. The van der Waals surface area contributed by atoms with Gasteiger partial charge in [0.2, 0.25) is 0 Å². The Balaban J connectivity index is 2.37. The van der Waals surface area contributed by atoms with E-state index >= 15 is 0 Å². The van der Waals surface area contributed by atoms with E-state index in [-0.39, 0.29) is 11.4 Å². The lowest BCUT2D eigenvalue weighted by atomic mass is 9.87. The monoisotopic (exact) mass is 287 g/mol. The molecule has 1 aromatic rings. The van der Waals surface area contributed by atoms with E-state index in [1.54, 1.807) is 0 Å². The third-order valence-electron chi connectivity index (χ3n) is 3.76. The van der Waals surface area contributed by atoms with Crippen molar-refractivity contribution in [1.29, 1.82) is 0 Å². The molecule has 1 aliphatic rings. The van der Waals surface area contributed by atoms with E-state index in [9.17, 15) is 4.79 Å². The number of hydrogen-bond acceptors (Lipinski definition) is 3. The van der Waals surface area contributed by atoms with Crippen molar-refractivity contribution in [2.24, 2.45) is 4.99 Å². The van der Waals surface area contributed by atoms with Crippen molar-refractivity contribution in [3.63, 3.8) is 0 Å². The van der Waals surface area contributed by atoms with Gasteiger partial charge in [-0.3, -0.25) is 10.1 Å². The van der Waals surface area contributed by atoms with Crippen LogP contribution in [0.2, 0.25) is 0 Å². The van der Waals surface area contributed by atoms with Gasteiger partial charge in [0.1, 0.15) is 0 Å². The van der Waals surface area contributed by atoms with Gasteiger partial charge in [-0.05, 0) is 44.7 Å². The molecule has 2 rings (SSSR count). The first-order valence-corrected chi connectivity index (χ1v) is 7.59. The van der Waals surface area contributed by atoms with Gasteiger partial charge < -0.3 is 5.32 Å². The Labute approximate surface area is 127 Å². The van der Waals surface area contributed by atoms with E-state index in [1.165, 1.54) is 5.56 Å². The number of aryl methyl sites for hydroxylation is 1. The maximum Gasteiger partial charge on any atom is 0.259 e. The number of rotatable bonds is 3. The fourth-order valence-corrected chi connectivity index (χ4v) is 2.55. The normalized spacial score (nSPS) is 22.0. The highest BCUT2D eigenvalue weighted by Gasteiger charge is 2.44. The van der Waals surface area contributed by atoms with Crippen LogP contribution in [-0.4, -0.2) is 17.4 Å². The number of hydrogen-bond donors (Lipinski definition) is 2. The lowest BCUT2D eigenvalue weighted by molar-refractivity contribution is -0.124. The van der Waals surface area contributed by atoms with Crippen LogP contribution in [0.3, 0.4) is 0 Å². The second kappa shape index (κ2) is 5.51. The van der Waals surface area contributed by atoms with Gasteiger partial charge in [-0.15, -0.1) is 0 Å². The maximum absolute atomic E-state index is 12.5. The molecule has 1 unspecified atom stereocenters. The molecule has 2 N–H and O–H groups in total. The summed E-state index contributed by atoms with van der Waals surface area (Å²) in [5.41, 5.74) is 1.27. The molecule has 114 valence electrons. The molecule has 21 heavy (non-hydrogen) atoms. The number of carbonyl (C=O) groups excluding carboxylic acids is 1. The largest absolute Gasteiger partial charge is 0.351 e. The van der Waals surface area contributed by atoms with E-state index in [0.717, 1.165) is 12.0 Å². The summed E-state index contributed by atoms with van der Waals surface area (Å²) in [4.78, 5) is 17.2. The fourth-order valence-electron chi connectivity index (χ4n) is 2.55. The van der Waals surface area contributed by atoms with E-state index in [1.807, 2.05) is 39.8 Å². The van der Waals surface area contributed by atoms with Crippen molar-refractivity contribution in [3.8, 4) is 0 Å². The number of nitrogens with zero attached hydrogens (tertiary/aromatic N) is 1. The second-order valence-electron chi connectivity index (χ2n) is 6.55. The SMILES string of the molecule is CCc1ccc(C2(CC)N=C(NC(C)(C)C)NC2=O)cc1. The summed E-state index contributed by atoms with van der Waals surface area (Å²) in [7, 11) is 0. The van der Waals surface area contributed by atoms with E-state index in [4.69, 9.17) is 0 Å². The Morgan fingerprint density at radius 3 is 2.29 bits per heavy atom. The van der Waals surface area contributed by atoms with Gasteiger partial charge in [0, 0.05) is 5.54 Å². The van der Waals surface area contributed by atoms with Gasteiger partial charge in [-0.2, -0.15) is 0 Å². The number of amides is 1. The maximum atomic E-state index is 12.5. The standard InChI is InChI=1S/C17H25N3O/c1-6-12-8-10-13(11-9-12)17(7-2)14(21)18-15(20-17)19-16(3,4)5/h8-11H,6-7H2,1-5H3,(H2,18,19,20,21). The van der Waals surface area contributed by atoms with Crippen LogP contribution in [0.4, 0.5) is 0 Å². The van der Waals surface area contributed by atoms with Crippen LogP contribution < -0.4 is 10.6 Å². The zero-order valence-corrected chi connectivity index (χ0v) is 13.6. The fraction of sp³-hybridized carbons (Fsp3) is 0.529. The van der Waals surface area contributed by atoms with Crippen LogP contribution in [0.5, 0.6) is 0 Å². The molecule has 0 aromatic heterocycles. The molecule has 1 amide bonds. The first-order chi connectivity index (χ1) is 9.80. The van der Waals surface area contributed by atoms with Gasteiger partial charge in [-0.25, -0.2) is 4.99 Å². The van der Waals surface area contributed by atoms with Crippen molar-refractivity contribution in [3.05, 3.63) is 35.4 Å². The molecule has 4 nitrogen and oxygen atoms in total. The number of carbonyl (C=O) groups is 1. The number of nitrogens with one attached hydrogen (secondary N) is 2. The molecule has 0 fully saturated rings. The summed E-state index contributed by atoms with van der Waals surface area (Å²) < 4.78 is 0. The molecule has 0 aliphatic carbocycles. The number of aliphatic imine (C=N–C) groups is 1. The average molecular weight is 287 g/mol. The van der Waals surface area contributed by atoms with Gasteiger partial charge in [-0.1, -0.05) is 38.1 Å². The molecule has 0 saturated heterocycles. The average Bonchev–Trinajstić information content (AvgIpc) is 2.73.